The third-order valence-corrected chi connectivity index (χ3v) is 2.63. The van der Waals surface area contributed by atoms with E-state index in [9.17, 15) is 13.9 Å². The first kappa shape index (κ1) is 15.7. The van der Waals surface area contributed by atoms with E-state index < -0.39 is 12.0 Å². The van der Waals surface area contributed by atoms with E-state index >= 15 is 0 Å². The zero-order valence-electron chi connectivity index (χ0n) is 11.5. The summed E-state index contributed by atoms with van der Waals surface area (Å²) < 4.78 is 25.7. The minimum absolute atomic E-state index is 0.152. The number of rotatable bonds is 6. The van der Waals surface area contributed by atoms with Crippen LogP contribution < -0.4 is 11.1 Å². The molecule has 0 heterocycles. The third kappa shape index (κ3) is 5.00. The average molecular weight is 273 g/mol. The first-order valence-corrected chi connectivity index (χ1v) is 6.00. The van der Waals surface area contributed by atoms with Crippen molar-refractivity contribution < 1.29 is 13.9 Å². The Morgan fingerprint density at radius 1 is 1.42 bits per heavy atom. The highest BCUT2D eigenvalue weighted by molar-refractivity contribution is 5.58. The van der Waals surface area contributed by atoms with E-state index in [2.05, 4.69) is 5.32 Å². The van der Waals surface area contributed by atoms with Crippen LogP contribution in [0.1, 0.15) is 18.9 Å². The molecule has 0 radical (unpaired) electrons. The van der Waals surface area contributed by atoms with Gasteiger partial charge in [-0.05, 0) is 39.2 Å². The fourth-order valence-electron chi connectivity index (χ4n) is 1.95. The van der Waals surface area contributed by atoms with Crippen LogP contribution in [-0.4, -0.2) is 42.8 Å². The number of nitrogens with one attached hydrogen (secondary N) is 1. The highest BCUT2D eigenvalue weighted by atomic mass is 19.3. The van der Waals surface area contributed by atoms with Crippen LogP contribution in [0, 0.1) is 0 Å². The maximum absolute atomic E-state index is 12.9. The second-order valence-electron chi connectivity index (χ2n) is 5.24. The van der Waals surface area contributed by atoms with Crippen LogP contribution in [0.5, 0.6) is 0 Å². The molecule has 4 N–H and O–H groups in total. The van der Waals surface area contributed by atoms with Gasteiger partial charge in [-0.1, -0.05) is 0 Å². The molecular weight excluding hydrogens is 252 g/mol. The van der Waals surface area contributed by atoms with E-state index in [4.69, 9.17) is 5.73 Å². The molecule has 0 saturated carbocycles. The summed E-state index contributed by atoms with van der Waals surface area (Å²) in [5.41, 5.74) is 4.92. The summed E-state index contributed by atoms with van der Waals surface area (Å²) in [7, 11) is 3.67. The van der Waals surface area contributed by atoms with Crippen molar-refractivity contribution >= 4 is 11.4 Å². The summed E-state index contributed by atoms with van der Waals surface area (Å²) >= 11 is 0. The first-order valence-electron chi connectivity index (χ1n) is 6.00. The van der Waals surface area contributed by atoms with Crippen LogP contribution in [0.3, 0.4) is 0 Å². The lowest BCUT2D eigenvalue weighted by molar-refractivity contribution is 0.0458. The van der Waals surface area contributed by atoms with Crippen molar-refractivity contribution in [2.24, 2.45) is 0 Å². The number of halogens is 2. The van der Waals surface area contributed by atoms with Gasteiger partial charge in [0.15, 0.2) is 0 Å². The van der Waals surface area contributed by atoms with Gasteiger partial charge in [-0.2, -0.15) is 0 Å². The summed E-state index contributed by atoms with van der Waals surface area (Å²) in [5.74, 6) is 0. The van der Waals surface area contributed by atoms with Crippen molar-refractivity contribution in [1.29, 1.82) is 0 Å². The molecule has 0 aliphatic rings. The van der Waals surface area contributed by atoms with Gasteiger partial charge in [0.1, 0.15) is 0 Å². The quantitative estimate of drug-likeness (QED) is 0.693. The van der Waals surface area contributed by atoms with E-state index in [-0.39, 0.29) is 12.1 Å². The molecule has 0 aromatic heterocycles. The van der Waals surface area contributed by atoms with Gasteiger partial charge in [-0.25, -0.2) is 8.78 Å². The zero-order chi connectivity index (χ0) is 14.6. The summed E-state index contributed by atoms with van der Waals surface area (Å²) in [6.07, 6.45) is -2.61. The Labute approximate surface area is 112 Å². The van der Waals surface area contributed by atoms with Crippen molar-refractivity contribution in [2.45, 2.75) is 19.0 Å². The van der Waals surface area contributed by atoms with Gasteiger partial charge in [0.2, 0.25) is 0 Å². The Balaban J connectivity index is 2.77. The molecule has 6 heteroatoms. The van der Waals surface area contributed by atoms with Crippen LogP contribution in [0.25, 0.3) is 0 Å². The lowest BCUT2D eigenvalue weighted by atomic mass is 10.1. The number of nitrogens with two attached hydrogens (primary N) is 1. The van der Waals surface area contributed by atoms with E-state index in [1.807, 2.05) is 19.0 Å². The van der Waals surface area contributed by atoms with Gasteiger partial charge in [0.25, 0.3) is 6.43 Å². The molecule has 0 saturated heterocycles. The molecule has 1 aromatic rings. The Morgan fingerprint density at radius 3 is 2.58 bits per heavy atom. The summed E-state index contributed by atoms with van der Waals surface area (Å²) in [6.45, 7) is 2.26. The first-order chi connectivity index (χ1) is 8.71. The van der Waals surface area contributed by atoms with Crippen LogP contribution in [0.15, 0.2) is 18.2 Å². The zero-order valence-corrected chi connectivity index (χ0v) is 11.5. The Hall–Kier alpha value is -1.40. The number of likely N-dealkylation sites (N-methyl/N-ethyl adjacent to an activating group) is 1. The van der Waals surface area contributed by atoms with Crippen LogP contribution in [0.2, 0.25) is 0 Å². The normalized spacial score (nSPS) is 14.7. The molecule has 0 aliphatic heterocycles. The van der Waals surface area contributed by atoms with E-state index in [0.717, 1.165) is 0 Å². The van der Waals surface area contributed by atoms with Crippen molar-refractivity contribution in [3.63, 3.8) is 0 Å². The SMILES string of the molecule is CN(C)CC(C)(O)CNc1ccc(N)cc1C(F)F. The molecule has 1 rings (SSSR count). The standard InChI is InChI=1S/C13H21F2N3O/c1-13(19,8-18(2)3)7-17-11-5-4-9(16)6-10(11)12(14)15/h4-6,12,17,19H,7-8,16H2,1-3H3. The lowest BCUT2D eigenvalue weighted by Gasteiger charge is -2.28. The van der Waals surface area contributed by atoms with Crippen LogP contribution >= 0.6 is 0 Å². The molecule has 0 amide bonds. The maximum atomic E-state index is 12.9. The number of aliphatic hydroxyl groups is 1. The third-order valence-electron chi connectivity index (χ3n) is 2.63. The number of hydrogen-bond donors (Lipinski definition) is 3. The van der Waals surface area contributed by atoms with Crippen molar-refractivity contribution in [1.82, 2.24) is 4.90 Å². The minimum Gasteiger partial charge on any atom is -0.399 e. The van der Waals surface area contributed by atoms with E-state index in [1.165, 1.54) is 12.1 Å². The van der Waals surface area contributed by atoms with Crippen LogP contribution in [-0.2, 0) is 0 Å². The summed E-state index contributed by atoms with van der Waals surface area (Å²) in [6, 6.07) is 4.30. The Bertz CT molecular complexity index is 422. The van der Waals surface area contributed by atoms with E-state index in [1.54, 1.807) is 13.0 Å². The molecule has 0 spiro atoms. The fraction of sp³-hybridized carbons (Fsp3) is 0.538. The van der Waals surface area contributed by atoms with Crippen molar-refractivity contribution in [3.8, 4) is 0 Å². The van der Waals surface area contributed by atoms with Gasteiger partial charge in [-0.3, -0.25) is 0 Å². The number of nitrogens with zero attached hydrogens (tertiary/aromatic N) is 1. The van der Waals surface area contributed by atoms with Gasteiger partial charge < -0.3 is 21.1 Å². The number of hydrogen-bond acceptors (Lipinski definition) is 4. The molecule has 19 heavy (non-hydrogen) atoms. The number of nitrogen functional groups attached to an aromatic ring is 1. The second-order valence-corrected chi connectivity index (χ2v) is 5.24. The summed E-state index contributed by atoms with van der Waals surface area (Å²) in [4.78, 5) is 1.83. The predicted molar refractivity (Wildman–Crippen MR) is 73.5 cm³/mol. The molecule has 0 bridgehead atoms. The molecular formula is C13H21F2N3O. The van der Waals surface area contributed by atoms with Crippen molar-refractivity contribution in [2.75, 3.05) is 38.2 Å². The highest BCUT2D eigenvalue weighted by Crippen LogP contribution is 2.29. The molecule has 0 fully saturated rings. The number of alkyl halides is 2. The van der Waals surface area contributed by atoms with Gasteiger partial charge in [0, 0.05) is 30.0 Å². The monoisotopic (exact) mass is 273 g/mol. The van der Waals surface area contributed by atoms with Gasteiger partial charge >= 0.3 is 0 Å². The maximum Gasteiger partial charge on any atom is 0.265 e. The smallest absolute Gasteiger partial charge is 0.265 e. The van der Waals surface area contributed by atoms with Crippen molar-refractivity contribution in [3.05, 3.63) is 23.8 Å². The summed E-state index contributed by atoms with van der Waals surface area (Å²) in [5, 5.41) is 13.0. The molecule has 0 aliphatic carbocycles. The Kier molecular flexibility index (Phi) is 5.08. The van der Waals surface area contributed by atoms with Gasteiger partial charge in [-0.15, -0.1) is 0 Å². The molecule has 1 atom stereocenters. The van der Waals surface area contributed by atoms with E-state index in [0.29, 0.717) is 17.9 Å². The number of benzene rings is 1. The number of anilines is 2. The lowest BCUT2D eigenvalue weighted by Crippen LogP contribution is -2.43. The Morgan fingerprint density at radius 2 is 2.05 bits per heavy atom. The average Bonchev–Trinajstić information content (AvgIpc) is 2.25. The molecule has 1 aromatic carbocycles. The molecule has 108 valence electrons. The molecule has 4 nitrogen and oxygen atoms in total. The second kappa shape index (κ2) is 6.16. The largest absolute Gasteiger partial charge is 0.399 e. The molecule has 1 unspecified atom stereocenters. The predicted octanol–water partition coefficient (Wildman–Crippen LogP) is 1.93. The topological polar surface area (TPSA) is 61.5 Å². The highest BCUT2D eigenvalue weighted by Gasteiger charge is 2.22. The van der Waals surface area contributed by atoms with Crippen LogP contribution in [0.4, 0.5) is 20.2 Å². The minimum atomic E-state index is -2.61. The van der Waals surface area contributed by atoms with Gasteiger partial charge in [0.05, 0.1) is 5.60 Å². The fourth-order valence-corrected chi connectivity index (χ4v) is 1.95.